The summed E-state index contributed by atoms with van der Waals surface area (Å²) in [7, 11) is 0. The Labute approximate surface area is 96.9 Å². The zero-order valence-corrected chi connectivity index (χ0v) is 8.91. The van der Waals surface area contributed by atoms with Crippen molar-refractivity contribution in [2.24, 2.45) is 0 Å². The van der Waals surface area contributed by atoms with Crippen molar-refractivity contribution in [1.82, 2.24) is 0 Å². The van der Waals surface area contributed by atoms with Crippen LogP contribution in [0.2, 0.25) is 0 Å². The van der Waals surface area contributed by atoms with Gasteiger partial charge in [-0.15, -0.1) is 0 Å². The SMILES string of the molecule is O=[N+]([O-])c1cccc2c[n+]3ccccc3cc12. The first-order valence-corrected chi connectivity index (χ1v) is 5.23. The maximum Gasteiger partial charge on any atom is 0.277 e. The van der Waals surface area contributed by atoms with Gasteiger partial charge in [-0.05, 0) is 12.1 Å². The molecule has 0 aliphatic heterocycles. The number of non-ortho nitro benzene ring substituents is 1. The smallest absolute Gasteiger partial charge is 0.258 e. The first kappa shape index (κ1) is 9.72. The van der Waals surface area contributed by atoms with E-state index in [0.717, 1.165) is 10.9 Å². The highest BCUT2D eigenvalue weighted by Crippen LogP contribution is 2.24. The van der Waals surface area contributed by atoms with Crippen molar-refractivity contribution in [1.29, 1.82) is 0 Å². The normalized spacial score (nSPS) is 10.8. The lowest BCUT2D eigenvalue weighted by molar-refractivity contribution is -0.510. The molecule has 3 aromatic rings. The van der Waals surface area contributed by atoms with Crippen LogP contribution in [0.4, 0.5) is 5.69 Å². The van der Waals surface area contributed by atoms with Gasteiger partial charge in [0, 0.05) is 24.3 Å². The average molecular weight is 225 g/mol. The Kier molecular flexibility index (Phi) is 2.01. The number of hydrogen-bond donors (Lipinski definition) is 0. The van der Waals surface area contributed by atoms with E-state index >= 15 is 0 Å². The van der Waals surface area contributed by atoms with Gasteiger partial charge in [0.25, 0.3) is 5.69 Å². The van der Waals surface area contributed by atoms with E-state index < -0.39 is 0 Å². The lowest BCUT2D eigenvalue weighted by atomic mass is 10.1. The highest BCUT2D eigenvalue weighted by molar-refractivity contribution is 5.91. The zero-order valence-electron chi connectivity index (χ0n) is 8.91. The van der Waals surface area contributed by atoms with E-state index in [9.17, 15) is 10.1 Å². The summed E-state index contributed by atoms with van der Waals surface area (Å²) < 4.78 is 1.95. The number of nitro benzene ring substituents is 1. The van der Waals surface area contributed by atoms with Crippen LogP contribution in [-0.4, -0.2) is 4.92 Å². The second kappa shape index (κ2) is 3.52. The highest BCUT2D eigenvalue weighted by Gasteiger charge is 2.14. The van der Waals surface area contributed by atoms with Gasteiger partial charge in [0.15, 0.2) is 12.4 Å². The Morgan fingerprint density at radius 2 is 2.00 bits per heavy atom. The molecule has 0 fully saturated rings. The third-order valence-corrected chi connectivity index (χ3v) is 2.81. The second-order valence-corrected chi connectivity index (χ2v) is 3.84. The summed E-state index contributed by atoms with van der Waals surface area (Å²) in [6, 6.07) is 12.7. The number of pyridine rings is 2. The van der Waals surface area contributed by atoms with E-state index in [1.807, 2.05) is 47.1 Å². The number of benzene rings is 1. The van der Waals surface area contributed by atoms with Crippen molar-refractivity contribution >= 4 is 22.0 Å². The number of rotatable bonds is 1. The average Bonchev–Trinajstić information content (AvgIpc) is 2.35. The summed E-state index contributed by atoms with van der Waals surface area (Å²) in [5.41, 5.74) is 1.09. The molecule has 4 nitrogen and oxygen atoms in total. The van der Waals surface area contributed by atoms with Gasteiger partial charge in [0.05, 0.1) is 15.7 Å². The third-order valence-electron chi connectivity index (χ3n) is 2.81. The van der Waals surface area contributed by atoms with E-state index in [1.165, 1.54) is 6.07 Å². The first-order chi connectivity index (χ1) is 8.25. The first-order valence-electron chi connectivity index (χ1n) is 5.23. The van der Waals surface area contributed by atoms with Gasteiger partial charge < -0.3 is 0 Å². The molecule has 0 radical (unpaired) electrons. The number of nitro groups is 1. The molecule has 0 N–H and O–H groups in total. The van der Waals surface area contributed by atoms with Crippen LogP contribution in [0.25, 0.3) is 16.3 Å². The van der Waals surface area contributed by atoms with Gasteiger partial charge in [0.1, 0.15) is 0 Å². The van der Waals surface area contributed by atoms with Crippen molar-refractivity contribution in [3.05, 3.63) is 65.0 Å². The van der Waals surface area contributed by atoms with Gasteiger partial charge in [-0.25, -0.2) is 0 Å². The molecule has 0 amide bonds. The van der Waals surface area contributed by atoms with Crippen molar-refractivity contribution in [2.45, 2.75) is 0 Å². The van der Waals surface area contributed by atoms with E-state index in [1.54, 1.807) is 6.07 Å². The molecule has 2 heterocycles. The predicted octanol–water partition coefficient (Wildman–Crippen LogP) is 2.49. The number of nitrogens with zero attached hydrogens (tertiary/aromatic N) is 2. The Morgan fingerprint density at radius 3 is 2.82 bits per heavy atom. The summed E-state index contributed by atoms with van der Waals surface area (Å²) >= 11 is 0. The minimum absolute atomic E-state index is 0.147. The molecule has 2 aromatic heterocycles. The lowest BCUT2D eigenvalue weighted by Gasteiger charge is -1.98. The minimum Gasteiger partial charge on any atom is -0.258 e. The van der Waals surface area contributed by atoms with Crippen LogP contribution in [0.15, 0.2) is 54.9 Å². The number of aromatic nitrogens is 1. The Hall–Kier alpha value is -2.49. The fourth-order valence-corrected chi connectivity index (χ4v) is 2.01. The summed E-state index contributed by atoms with van der Waals surface area (Å²) in [5.74, 6) is 0. The van der Waals surface area contributed by atoms with Crippen LogP contribution >= 0.6 is 0 Å². The van der Waals surface area contributed by atoms with Crippen LogP contribution in [0, 0.1) is 10.1 Å². The van der Waals surface area contributed by atoms with Crippen LogP contribution in [0.3, 0.4) is 0 Å². The largest absolute Gasteiger partial charge is 0.277 e. The van der Waals surface area contributed by atoms with Crippen molar-refractivity contribution < 1.29 is 9.32 Å². The molecule has 1 aromatic carbocycles. The molecule has 3 rings (SSSR count). The maximum atomic E-state index is 10.9. The molecule has 0 aliphatic carbocycles. The van der Waals surface area contributed by atoms with Gasteiger partial charge in [-0.1, -0.05) is 6.07 Å². The van der Waals surface area contributed by atoms with Crippen molar-refractivity contribution in [3.63, 3.8) is 0 Å². The maximum absolute atomic E-state index is 10.9. The number of fused-ring (bicyclic) bond motifs is 2. The molecule has 0 saturated carbocycles. The molecule has 0 spiro atoms. The van der Waals surface area contributed by atoms with E-state index in [2.05, 4.69) is 0 Å². The molecule has 17 heavy (non-hydrogen) atoms. The molecular formula is C13H9N2O2+. The van der Waals surface area contributed by atoms with Gasteiger partial charge in [-0.3, -0.25) is 10.1 Å². The Balaban J connectivity index is 2.47. The Bertz CT molecular complexity index is 738. The molecule has 0 saturated heterocycles. The van der Waals surface area contributed by atoms with Gasteiger partial charge >= 0.3 is 0 Å². The van der Waals surface area contributed by atoms with E-state index in [-0.39, 0.29) is 10.6 Å². The van der Waals surface area contributed by atoms with Crippen LogP contribution in [0.5, 0.6) is 0 Å². The molecule has 0 aliphatic rings. The van der Waals surface area contributed by atoms with E-state index in [0.29, 0.717) is 5.39 Å². The molecule has 4 heteroatoms. The Morgan fingerprint density at radius 1 is 1.12 bits per heavy atom. The quantitative estimate of drug-likeness (QED) is 0.276. The summed E-state index contributed by atoms with van der Waals surface area (Å²) in [6.45, 7) is 0. The van der Waals surface area contributed by atoms with Gasteiger partial charge in [-0.2, -0.15) is 4.40 Å². The second-order valence-electron chi connectivity index (χ2n) is 3.84. The van der Waals surface area contributed by atoms with Crippen LogP contribution in [-0.2, 0) is 0 Å². The van der Waals surface area contributed by atoms with Crippen molar-refractivity contribution in [2.75, 3.05) is 0 Å². The topological polar surface area (TPSA) is 47.2 Å². The standard InChI is InChI=1S/C13H9N2O2/c16-15(17)13-6-3-4-10-9-14-7-2-1-5-11(14)8-12(10)13/h1-9H/q+1. The zero-order chi connectivity index (χ0) is 11.8. The summed E-state index contributed by atoms with van der Waals surface area (Å²) in [5, 5.41) is 12.5. The highest BCUT2D eigenvalue weighted by atomic mass is 16.6. The van der Waals surface area contributed by atoms with Crippen LogP contribution in [0.1, 0.15) is 0 Å². The van der Waals surface area contributed by atoms with Crippen molar-refractivity contribution in [3.8, 4) is 0 Å². The number of hydrogen-bond acceptors (Lipinski definition) is 2. The van der Waals surface area contributed by atoms with Crippen LogP contribution < -0.4 is 4.40 Å². The molecule has 82 valence electrons. The van der Waals surface area contributed by atoms with Gasteiger partial charge in [0.2, 0.25) is 5.52 Å². The summed E-state index contributed by atoms with van der Waals surface area (Å²) in [4.78, 5) is 10.6. The fourth-order valence-electron chi connectivity index (χ4n) is 2.01. The third kappa shape index (κ3) is 1.50. The summed E-state index contributed by atoms with van der Waals surface area (Å²) in [6.07, 6.45) is 3.82. The fraction of sp³-hybridized carbons (Fsp3) is 0. The monoisotopic (exact) mass is 225 g/mol. The lowest BCUT2D eigenvalue weighted by Crippen LogP contribution is -2.19. The van der Waals surface area contributed by atoms with E-state index in [4.69, 9.17) is 0 Å². The predicted molar refractivity (Wildman–Crippen MR) is 63.8 cm³/mol. The molecule has 0 bridgehead atoms. The minimum atomic E-state index is -0.345. The molecular weight excluding hydrogens is 216 g/mol. The molecule has 0 unspecified atom stereocenters. The molecule has 0 atom stereocenters.